The maximum atomic E-state index is 6.03. The zero-order chi connectivity index (χ0) is 12.6. The largest absolute Gasteiger partial charge is 0.459 e. The minimum Gasteiger partial charge on any atom is -0.459 e. The van der Waals surface area contributed by atoms with Gasteiger partial charge in [0.1, 0.15) is 11.3 Å². The molecule has 0 saturated heterocycles. The molecule has 0 bridgehead atoms. The van der Waals surface area contributed by atoms with Crippen LogP contribution in [0.3, 0.4) is 0 Å². The van der Waals surface area contributed by atoms with E-state index in [1.807, 2.05) is 25.1 Å². The molecule has 0 spiro atoms. The molecule has 1 N–H and O–H groups in total. The van der Waals surface area contributed by atoms with E-state index in [0.29, 0.717) is 0 Å². The highest BCUT2D eigenvalue weighted by molar-refractivity contribution is 6.31. The molecule has 0 aliphatic rings. The van der Waals surface area contributed by atoms with Crippen LogP contribution in [0.4, 0.5) is 0 Å². The van der Waals surface area contributed by atoms with Crippen molar-refractivity contribution in [2.24, 2.45) is 0 Å². The third-order valence-corrected chi connectivity index (χ3v) is 2.83. The topological polar surface area (TPSA) is 25.2 Å². The summed E-state index contributed by atoms with van der Waals surface area (Å²) < 4.78 is 5.83. The maximum absolute atomic E-state index is 6.03. The Morgan fingerprint density at radius 1 is 1.24 bits per heavy atom. The molecule has 0 aliphatic carbocycles. The maximum Gasteiger partial charge on any atom is 0.137 e. The number of fused-ring (bicyclic) bond motifs is 1. The number of nitrogens with one attached hydrogen (secondary N) is 1. The number of halogens is 1. The van der Waals surface area contributed by atoms with Gasteiger partial charge in [0.2, 0.25) is 0 Å². The molecule has 1 aromatic heterocycles. The molecule has 0 atom stereocenters. The molecule has 0 aliphatic heterocycles. The Hall–Kier alpha value is -0.990. The van der Waals surface area contributed by atoms with Gasteiger partial charge in [0.15, 0.2) is 0 Å². The second-order valence-electron chi connectivity index (χ2n) is 5.46. The van der Waals surface area contributed by atoms with E-state index in [2.05, 4.69) is 26.1 Å². The summed E-state index contributed by atoms with van der Waals surface area (Å²) in [7, 11) is 0. The Balaban J connectivity index is 2.29. The summed E-state index contributed by atoms with van der Waals surface area (Å²) in [5.41, 5.74) is 2.10. The van der Waals surface area contributed by atoms with Gasteiger partial charge in [-0.15, -0.1) is 0 Å². The molecule has 3 heteroatoms. The summed E-state index contributed by atoms with van der Waals surface area (Å²) in [6.45, 7) is 9.15. The average Bonchev–Trinajstić information content (AvgIpc) is 2.56. The van der Waals surface area contributed by atoms with Crippen molar-refractivity contribution in [2.45, 2.75) is 39.8 Å². The van der Waals surface area contributed by atoms with Gasteiger partial charge < -0.3 is 9.73 Å². The van der Waals surface area contributed by atoms with Crippen LogP contribution in [0, 0.1) is 6.92 Å². The van der Waals surface area contributed by atoms with Gasteiger partial charge in [-0.25, -0.2) is 0 Å². The van der Waals surface area contributed by atoms with E-state index in [-0.39, 0.29) is 5.54 Å². The molecule has 1 heterocycles. The van der Waals surface area contributed by atoms with Crippen molar-refractivity contribution >= 4 is 22.6 Å². The summed E-state index contributed by atoms with van der Waals surface area (Å²) in [4.78, 5) is 0. The van der Waals surface area contributed by atoms with Crippen molar-refractivity contribution in [1.82, 2.24) is 5.32 Å². The Labute approximate surface area is 107 Å². The molecule has 2 nitrogen and oxygen atoms in total. The van der Waals surface area contributed by atoms with Gasteiger partial charge in [-0.1, -0.05) is 11.6 Å². The van der Waals surface area contributed by atoms with Gasteiger partial charge >= 0.3 is 0 Å². The number of hydrogen-bond donors (Lipinski definition) is 1. The van der Waals surface area contributed by atoms with Crippen LogP contribution in [0.2, 0.25) is 5.02 Å². The monoisotopic (exact) mass is 251 g/mol. The summed E-state index contributed by atoms with van der Waals surface area (Å²) in [5, 5.41) is 5.23. The number of rotatable bonds is 2. The fourth-order valence-corrected chi connectivity index (χ4v) is 2.06. The third-order valence-electron chi connectivity index (χ3n) is 2.61. The smallest absolute Gasteiger partial charge is 0.137 e. The zero-order valence-electron chi connectivity index (χ0n) is 10.7. The van der Waals surface area contributed by atoms with Crippen molar-refractivity contribution < 1.29 is 4.42 Å². The first-order valence-corrected chi connectivity index (χ1v) is 6.16. The Bertz CT molecular complexity index is 537. The van der Waals surface area contributed by atoms with Crippen molar-refractivity contribution in [3.8, 4) is 0 Å². The van der Waals surface area contributed by atoms with Crippen molar-refractivity contribution in [2.75, 3.05) is 0 Å². The fraction of sp³-hybridized carbons (Fsp3) is 0.429. The van der Waals surface area contributed by atoms with Gasteiger partial charge in [0.25, 0.3) is 0 Å². The van der Waals surface area contributed by atoms with E-state index in [4.69, 9.17) is 16.0 Å². The lowest BCUT2D eigenvalue weighted by molar-refractivity contribution is 0.395. The number of benzene rings is 1. The Kier molecular flexibility index (Phi) is 3.19. The third kappa shape index (κ3) is 3.02. The SMILES string of the molecule is Cc1cc(Cl)cc2cc(CNC(C)(C)C)oc12. The van der Waals surface area contributed by atoms with Crippen molar-refractivity contribution in [3.05, 3.63) is 34.5 Å². The van der Waals surface area contributed by atoms with Crippen LogP contribution in [0.25, 0.3) is 11.0 Å². The van der Waals surface area contributed by atoms with E-state index in [0.717, 1.165) is 33.9 Å². The molecule has 1 aromatic carbocycles. The predicted octanol–water partition coefficient (Wildman–Crippen LogP) is 4.28. The molecule has 92 valence electrons. The highest BCUT2D eigenvalue weighted by Gasteiger charge is 2.12. The van der Waals surface area contributed by atoms with Crippen LogP contribution >= 0.6 is 11.6 Å². The molecular formula is C14H18ClNO. The number of furan rings is 1. The van der Waals surface area contributed by atoms with E-state index < -0.39 is 0 Å². The van der Waals surface area contributed by atoms with Gasteiger partial charge in [-0.3, -0.25) is 0 Å². The second kappa shape index (κ2) is 4.35. The van der Waals surface area contributed by atoms with E-state index in [1.165, 1.54) is 0 Å². The minimum absolute atomic E-state index is 0.0890. The predicted molar refractivity (Wildman–Crippen MR) is 72.6 cm³/mol. The summed E-state index contributed by atoms with van der Waals surface area (Å²) in [6.07, 6.45) is 0. The first-order chi connectivity index (χ1) is 7.85. The molecule has 0 amide bonds. The second-order valence-corrected chi connectivity index (χ2v) is 5.89. The molecule has 0 fully saturated rings. The molecule has 0 unspecified atom stereocenters. The summed E-state index contributed by atoms with van der Waals surface area (Å²) >= 11 is 6.03. The van der Waals surface area contributed by atoms with Crippen molar-refractivity contribution in [1.29, 1.82) is 0 Å². The minimum atomic E-state index is 0.0890. The van der Waals surface area contributed by atoms with Gasteiger partial charge in [0, 0.05) is 15.9 Å². The molecule has 0 radical (unpaired) electrons. The van der Waals surface area contributed by atoms with Crippen LogP contribution < -0.4 is 5.32 Å². The van der Waals surface area contributed by atoms with Crippen LogP contribution in [0.5, 0.6) is 0 Å². The lowest BCUT2D eigenvalue weighted by Crippen LogP contribution is -2.34. The number of aryl methyl sites for hydroxylation is 1. The summed E-state index contributed by atoms with van der Waals surface area (Å²) in [6, 6.07) is 5.91. The van der Waals surface area contributed by atoms with E-state index in [1.54, 1.807) is 0 Å². The highest BCUT2D eigenvalue weighted by atomic mass is 35.5. The molecule has 2 rings (SSSR count). The quantitative estimate of drug-likeness (QED) is 0.862. The van der Waals surface area contributed by atoms with Crippen LogP contribution in [-0.2, 0) is 6.54 Å². The highest BCUT2D eigenvalue weighted by Crippen LogP contribution is 2.26. The molecule has 17 heavy (non-hydrogen) atoms. The normalized spacial score (nSPS) is 12.3. The standard InChI is InChI=1S/C14H18ClNO/c1-9-5-11(15)6-10-7-12(17-13(9)10)8-16-14(2,3)4/h5-7,16H,8H2,1-4H3. The fourth-order valence-electron chi connectivity index (χ4n) is 1.78. The van der Waals surface area contributed by atoms with Crippen LogP contribution in [-0.4, -0.2) is 5.54 Å². The Morgan fingerprint density at radius 3 is 2.59 bits per heavy atom. The zero-order valence-corrected chi connectivity index (χ0v) is 11.5. The van der Waals surface area contributed by atoms with Crippen LogP contribution in [0.15, 0.2) is 22.6 Å². The Morgan fingerprint density at radius 2 is 1.94 bits per heavy atom. The van der Waals surface area contributed by atoms with E-state index in [9.17, 15) is 0 Å². The molecule has 2 aromatic rings. The molecule has 0 saturated carbocycles. The lowest BCUT2D eigenvalue weighted by atomic mass is 10.1. The molecular weight excluding hydrogens is 234 g/mol. The van der Waals surface area contributed by atoms with E-state index >= 15 is 0 Å². The van der Waals surface area contributed by atoms with Gasteiger partial charge in [-0.05, 0) is 51.5 Å². The van der Waals surface area contributed by atoms with Gasteiger partial charge in [-0.2, -0.15) is 0 Å². The lowest BCUT2D eigenvalue weighted by Gasteiger charge is -2.19. The first kappa shape index (κ1) is 12.5. The van der Waals surface area contributed by atoms with Crippen molar-refractivity contribution in [3.63, 3.8) is 0 Å². The summed E-state index contributed by atoms with van der Waals surface area (Å²) in [5.74, 6) is 0.945. The number of hydrogen-bond acceptors (Lipinski definition) is 2. The first-order valence-electron chi connectivity index (χ1n) is 5.79. The average molecular weight is 252 g/mol. The van der Waals surface area contributed by atoms with Crippen LogP contribution in [0.1, 0.15) is 32.1 Å². The van der Waals surface area contributed by atoms with Gasteiger partial charge in [0.05, 0.1) is 6.54 Å².